The molecule has 1 heterocycles. The van der Waals surface area contributed by atoms with Gasteiger partial charge in [-0.2, -0.15) is 0 Å². The van der Waals surface area contributed by atoms with E-state index < -0.39 is 0 Å². The molecule has 0 aliphatic heterocycles. The highest BCUT2D eigenvalue weighted by Gasteiger charge is 2.53. The molecule has 1 unspecified atom stereocenters. The van der Waals surface area contributed by atoms with Gasteiger partial charge in [0.2, 0.25) is 0 Å². The fraction of sp³-hybridized carbons (Fsp3) is 0.0698. The van der Waals surface area contributed by atoms with Gasteiger partial charge in [0, 0.05) is 16.3 Å². The predicted molar refractivity (Wildman–Crippen MR) is 183 cm³/mol. The lowest BCUT2D eigenvalue weighted by Crippen LogP contribution is -2.27. The first-order valence-corrected chi connectivity index (χ1v) is 15.7. The molecule has 0 N–H and O–H groups in total. The van der Waals surface area contributed by atoms with Crippen molar-refractivity contribution in [1.29, 1.82) is 0 Å². The van der Waals surface area contributed by atoms with Crippen molar-refractivity contribution in [3.05, 3.63) is 180 Å². The molecule has 1 nitrogen and oxygen atoms in total. The lowest BCUT2D eigenvalue weighted by Gasteiger charge is -2.32. The summed E-state index contributed by atoms with van der Waals surface area (Å²) in [4.78, 5) is 0. The van der Waals surface area contributed by atoms with Crippen LogP contribution < -0.4 is 0 Å². The standard InChI is InChI=1S/C43H29N/c1-2-13-28(14-3-1)29-25-26-31-30-15-4-8-19-35(30)43(38(31)27-29)36-20-9-5-18-34(36)42-37(43)21-12-24-41(42)44-39-22-10-6-16-32(39)33-17-7-11-23-40(33)44/h1-3,5-14,16-27H,4,15H2. The quantitative estimate of drug-likeness (QED) is 0.199. The monoisotopic (exact) mass is 559 g/mol. The Bertz CT molecular complexity index is 2330. The number of aromatic nitrogens is 1. The van der Waals surface area contributed by atoms with Crippen molar-refractivity contribution >= 4 is 27.4 Å². The van der Waals surface area contributed by atoms with Gasteiger partial charge >= 0.3 is 0 Å². The second-order valence-electron chi connectivity index (χ2n) is 12.3. The number of fused-ring (bicyclic) bond motifs is 12. The number of hydrogen-bond acceptors (Lipinski definition) is 0. The second kappa shape index (κ2) is 8.81. The number of benzene rings is 6. The number of nitrogens with zero attached hydrogens (tertiary/aromatic N) is 1. The van der Waals surface area contributed by atoms with Crippen LogP contribution in [0.4, 0.5) is 0 Å². The zero-order valence-corrected chi connectivity index (χ0v) is 24.3. The van der Waals surface area contributed by atoms with E-state index in [4.69, 9.17) is 0 Å². The van der Waals surface area contributed by atoms with E-state index in [-0.39, 0.29) is 5.41 Å². The van der Waals surface area contributed by atoms with Crippen LogP contribution in [-0.4, -0.2) is 4.57 Å². The van der Waals surface area contributed by atoms with Gasteiger partial charge in [0.05, 0.1) is 22.1 Å². The van der Waals surface area contributed by atoms with Crippen LogP contribution in [0.15, 0.2) is 157 Å². The highest BCUT2D eigenvalue weighted by molar-refractivity contribution is 6.10. The number of rotatable bonds is 2. The summed E-state index contributed by atoms with van der Waals surface area (Å²) in [7, 11) is 0. The van der Waals surface area contributed by atoms with E-state index in [0.717, 1.165) is 12.8 Å². The maximum absolute atomic E-state index is 2.50. The molecule has 0 saturated carbocycles. The molecule has 206 valence electrons. The van der Waals surface area contributed by atoms with Crippen LogP contribution in [0, 0.1) is 0 Å². The normalized spacial score (nSPS) is 17.7. The van der Waals surface area contributed by atoms with E-state index in [0.29, 0.717) is 0 Å². The lowest BCUT2D eigenvalue weighted by molar-refractivity contribution is 0.780. The number of allylic oxidation sites excluding steroid dienone is 4. The molecule has 0 bridgehead atoms. The molecule has 1 spiro atoms. The molecule has 1 heteroatoms. The van der Waals surface area contributed by atoms with Gasteiger partial charge in [0.15, 0.2) is 0 Å². The summed E-state index contributed by atoms with van der Waals surface area (Å²) < 4.78 is 2.50. The largest absolute Gasteiger partial charge is 0.309 e. The Morgan fingerprint density at radius 2 is 1.23 bits per heavy atom. The second-order valence-corrected chi connectivity index (χ2v) is 12.3. The van der Waals surface area contributed by atoms with Crippen molar-refractivity contribution in [1.82, 2.24) is 4.57 Å². The maximum atomic E-state index is 2.50. The van der Waals surface area contributed by atoms with Crippen molar-refractivity contribution in [2.75, 3.05) is 0 Å². The van der Waals surface area contributed by atoms with Crippen LogP contribution in [0.1, 0.15) is 35.1 Å². The minimum atomic E-state index is -0.354. The molecular formula is C43H29N. The lowest BCUT2D eigenvalue weighted by atomic mass is 9.68. The Hall–Kier alpha value is -5.40. The van der Waals surface area contributed by atoms with Crippen LogP contribution in [0.5, 0.6) is 0 Å². The van der Waals surface area contributed by atoms with Crippen molar-refractivity contribution in [2.24, 2.45) is 0 Å². The average Bonchev–Trinajstić information content (AvgIpc) is 3.70. The van der Waals surface area contributed by atoms with Gasteiger partial charge in [-0.05, 0) is 87.2 Å². The van der Waals surface area contributed by atoms with Gasteiger partial charge in [0.25, 0.3) is 0 Å². The summed E-state index contributed by atoms with van der Waals surface area (Å²) in [5.41, 5.74) is 17.2. The molecule has 1 atom stereocenters. The fourth-order valence-corrected chi connectivity index (χ4v) is 8.63. The Morgan fingerprint density at radius 3 is 2.05 bits per heavy atom. The predicted octanol–water partition coefficient (Wildman–Crippen LogP) is 10.9. The van der Waals surface area contributed by atoms with E-state index in [9.17, 15) is 0 Å². The first-order valence-electron chi connectivity index (χ1n) is 15.7. The molecule has 0 saturated heterocycles. The molecule has 7 aromatic rings. The highest BCUT2D eigenvalue weighted by atomic mass is 15.0. The molecule has 1 aromatic heterocycles. The van der Waals surface area contributed by atoms with Crippen LogP contribution in [-0.2, 0) is 5.41 Å². The van der Waals surface area contributed by atoms with Crippen LogP contribution in [0.2, 0.25) is 0 Å². The van der Waals surface area contributed by atoms with Gasteiger partial charge in [0.1, 0.15) is 0 Å². The number of hydrogen-bond donors (Lipinski definition) is 0. The highest BCUT2D eigenvalue weighted by Crippen LogP contribution is 2.64. The summed E-state index contributed by atoms with van der Waals surface area (Å²) >= 11 is 0. The first-order chi connectivity index (χ1) is 21.9. The number of para-hydroxylation sites is 2. The van der Waals surface area contributed by atoms with Crippen molar-refractivity contribution in [3.63, 3.8) is 0 Å². The zero-order valence-electron chi connectivity index (χ0n) is 24.3. The van der Waals surface area contributed by atoms with Gasteiger partial charge in [-0.15, -0.1) is 0 Å². The van der Waals surface area contributed by atoms with Gasteiger partial charge < -0.3 is 4.57 Å². The third-order valence-corrected chi connectivity index (χ3v) is 10.3. The molecule has 0 radical (unpaired) electrons. The van der Waals surface area contributed by atoms with Crippen molar-refractivity contribution in [3.8, 4) is 27.9 Å². The molecule has 6 aromatic carbocycles. The minimum absolute atomic E-state index is 0.354. The fourth-order valence-electron chi connectivity index (χ4n) is 8.63. The van der Waals surface area contributed by atoms with Crippen LogP contribution >= 0.6 is 0 Å². The first kappa shape index (κ1) is 24.1. The van der Waals surface area contributed by atoms with E-state index in [1.54, 1.807) is 0 Å². The Morgan fingerprint density at radius 1 is 0.523 bits per heavy atom. The smallest absolute Gasteiger partial charge is 0.0723 e. The minimum Gasteiger partial charge on any atom is -0.309 e. The average molecular weight is 560 g/mol. The Kier molecular flexibility index (Phi) is 4.82. The van der Waals surface area contributed by atoms with Crippen molar-refractivity contribution < 1.29 is 0 Å². The summed E-state index contributed by atoms with van der Waals surface area (Å²) in [6.45, 7) is 0. The topological polar surface area (TPSA) is 4.93 Å². The summed E-state index contributed by atoms with van der Waals surface area (Å²) in [5, 5.41) is 2.58. The maximum Gasteiger partial charge on any atom is 0.0723 e. The zero-order chi connectivity index (χ0) is 28.8. The SMILES string of the molecule is C1=CC2=C(CC1)c1ccc(-c3ccccc3)cc1C21c2ccccc2-c2c(-n3c4ccccc4c4ccccc43)cccc21. The molecule has 3 aliphatic carbocycles. The van der Waals surface area contributed by atoms with Gasteiger partial charge in [-0.1, -0.05) is 127 Å². The molecule has 0 fully saturated rings. The Balaban J connectivity index is 1.35. The van der Waals surface area contributed by atoms with E-state index >= 15 is 0 Å². The molecule has 3 aliphatic rings. The van der Waals surface area contributed by atoms with Crippen LogP contribution in [0.25, 0.3) is 55.3 Å². The summed E-state index contributed by atoms with van der Waals surface area (Å²) in [6.07, 6.45) is 7.00. The third kappa shape index (κ3) is 2.94. The van der Waals surface area contributed by atoms with Gasteiger partial charge in [-0.25, -0.2) is 0 Å². The van der Waals surface area contributed by atoms with Crippen LogP contribution in [0.3, 0.4) is 0 Å². The molecule has 0 amide bonds. The Labute approximate surface area is 257 Å². The molecule has 44 heavy (non-hydrogen) atoms. The van der Waals surface area contributed by atoms with E-state index in [1.165, 1.54) is 83.1 Å². The third-order valence-electron chi connectivity index (χ3n) is 10.3. The van der Waals surface area contributed by atoms with Gasteiger partial charge in [-0.3, -0.25) is 0 Å². The summed E-state index contributed by atoms with van der Waals surface area (Å²) in [6, 6.07) is 52.0. The molecule has 10 rings (SSSR count). The van der Waals surface area contributed by atoms with E-state index in [1.807, 2.05) is 0 Å². The van der Waals surface area contributed by atoms with E-state index in [2.05, 4.69) is 156 Å². The van der Waals surface area contributed by atoms with Crippen molar-refractivity contribution in [2.45, 2.75) is 18.3 Å². The summed E-state index contributed by atoms with van der Waals surface area (Å²) in [5.74, 6) is 0. The molecular weight excluding hydrogens is 530 g/mol.